The molecule has 0 bridgehead atoms. The van der Waals surface area contributed by atoms with E-state index in [9.17, 15) is 0 Å². The van der Waals surface area contributed by atoms with Gasteiger partial charge in [-0.15, -0.1) is 11.3 Å². The molecule has 0 saturated carbocycles. The van der Waals surface area contributed by atoms with Gasteiger partial charge in [0.1, 0.15) is 11.2 Å². The van der Waals surface area contributed by atoms with Gasteiger partial charge in [0, 0.05) is 15.8 Å². The largest absolute Gasteiger partial charge is 0.236 e. The van der Waals surface area contributed by atoms with E-state index in [0.717, 1.165) is 16.1 Å². The predicted octanol–water partition coefficient (Wildman–Crippen LogP) is 5.27. The van der Waals surface area contributed by atoms with E-state index in [0.29, 0.717) is 0 Å². The Morgan fingerprint density at radius 3 is 2.24 bits per heavy atom. The van der Waals surface area contributed by atoms with E-state index >= 15 is 0 Å². The quantitative estimate of drug-likeness (QED) is 0.611. The van der Waals surface area contributed by atoms with Gasteiger partial charge in [0.15, 0.2) is 0 Å². The third-order valence-corrected chi connectivity index (χ3v) is 5.10. The van der Waals surface area contributed by atoms with Gasteiger partial charge >= 0.3 is 0 Å². The normalized spacial score (nSPS) is 12.0. The van der Waals surface area contributed by atoms with Crippen LogP contribution in [0.5, 0.6) is 0 Å². The van der Waals surface area contributed by atoms with E-state index in [1.807, 2.05) is 0 Å². The minimum atomic E-state index is 0.175. The maximum Gasteiger partial charge on any atom is 0.127 e. The molecule has 108 valence electrons. The molecule has 21 heavy (non-hydrogen) atoms. The molecule has 3 aromatic rings. The second-order valence-electron chi connectivity index (χ2n) is 6.51. The van der Waals surface area contributed by atoms with Crippen molar-refractivity contribution in [3.05, 3.63) is 46.6 Å². The van der Waals surface area contributed by atoms with Crippen LogP contribution in [-0.2, 0) is 5.41 Å². The van der Waals surface area contributed by atoms with Gasteiger partial charge in [-0.05, 0) is 30.4 Å². The second kappa shape index (κ2) is 4.92. The molecule has 0 saturated heterocycles. The van der Waals surface area contributed by atoms with E-state index in [2.05, 4.69) is 68.9 Å². The molecule has 0 fully saturated rings. The van der Waals surface area contributed by atoms with Crippen LogP contribution in [0.2, 0.25) is 0 Å². The number of nitrogens with zero attached hydrogens (tertiary/aromatic N) is 2. The number of thiophene rings is 1. The third-order valence-electron chi connectivity index (χ3n) is 3.99. The lowest BCUT2D eigenvalue weighted by molar-refractivity contribution is 0.590. The van der Waals surface area contributed by atoms with Gasteiger partial charge in [0.25, 0.3) is 0 Å². The van der Waals surface area contributed by atoms with Crippen LogP contribution in [0, 0.1) is 13.8 Å². The first-order chi connectivity index (χ1) is 9.88. The molecule has 1 aromatic carbocycles. The number of benzene rings is 1. The van der Waals surface area contributed by atoms with Gasteiger partial charge in [-0.3, -0.25) is 0 Å². The van der Waals surface area contributed by atoms with Gasteiger partial charge in [-0.1, -0.05) is 45.0 Å². The van der Waals surface area contributed by atoms with Gasteiger partial charge in [0.2, 0.25) is 0 Å². The summed E-state index contributed by atoms with van der Waals surface area (Å²) in [5.74, 6) is 0. The summed E-state index contributed by atoms with van der Waals surface area (Å²) in [6, 6.07) is 8.76. The number of aromatic nitrogens is 2. The Labute approximate surface area is 129 Å². The van der Waals surface area contributed by atoms with Crippen LogP contribution in [0.4, 0.5) is 0 Å². The van der Waals surface area contributed by atoms with Crippen molar-refractivity contribution in [3.63, 3.8) is 0 Å². The highest BCUT2D eigenvalue weighted by molar-refractivity contribution is 7.18. The molecule has 0 N–H and O–H groups in total. The summed E-state index contributed by atoms with van der Waals surface area (Å²) in [6.45, 7) is 11.0. The molecule has 0 aliphatic rings. The monoisotopic (exact) mass is 296 g/mol. The maximum absolute atomic E-state index is 4.54. The summed E-state index contributed by atoms with van der Waals surface area (Å²) in [5, 5.41) is 1.20. The average molecular weight is 296 g/mol. The highest BCUT2D eigenvalue weighted by Gasteiger charge is 2.16. The molecule has 0 spiro atoms. The highest BCUT2D eigenvalue weighted by atomic mass is 32.1. The maximum atomic E-state index is 4.54. The van der Waals surface area contributed by atoms with Crippen LogP contribution in [0.1, 0.15) is 36.8 Å². The molecule has 0 atom stereocenters. The van der Waals surface area contributed by atoms with E-state index < -0.39 is 0 Å². The van der Waals surface area contributed by atoms with Crippen LogP contribution >= 0.6 is 11.3 Å². The van der Waals surface area contributed by atoms with Gasteiger partial charge in [-0.2, -0.15) is 0 Å². The number of hydrogen-bond donors (Lipinski definition) is 0. The molecule has 0 amide bonds. The summed E-state index contributed by atoms with van der Waals surface area (Å²) in [4.78, 5) is 11.3. The molecule has 0 aliphatic carbocycles. The zero-order chi connectivity index (χ0) is 15.2. The molecule has 3 rings (SSSR count). The lowest BCUT2D eigenvalue weighted by Crippen LogP contribution is -2.10. The van der Waals surface area contributed by atoms with Crippen LogP contribution in [0.3, 0.4) is 0 Å². The SMILES string of the molecule is Cc1sc2ncnc(-c3ccc(C(C)(C)C)cc3)c2c1C. The summed E-state index contributed by atoms with van der Waals surface area (Å²) in [5.41, 5.74) is 5.02. The van der Waals surface area contributed by atoms with Crippen molar-refractivity contribution in [2.24, 2.45) is 0 Å². The Balaban J connectivity index is 2.17. The van der Waals surface area contributed by atoms with E-state index in [4.69, 9.17) is 0 Å². The van der Waals surface area contributed by atoms with E-state index in [-0.39, 0.29) is 5.41 Å². The first kappa shape index (κ1) is 14.2. The fraction of sp³-hybridized carbons (Fsp3) is 0.333. The van der Waals surface area contributed by atoms with Crippen LogP contribution < -0.4 is 0 Å². The fourth-order valence-corrected chi connectivity index (χ4v) is 3.53. The Morgan fingerprint density at radius 1 is 0.952 bits per heavy atom. The average Bonchev–Trinajstić information content (AvgIpc) is 2.73. The van der Waals surface area contributed by atoms with E-state index in [1.54, 1.807) is 17.7 Å². The fourth-order valence-electron chi connectivity index (χ4n) is 2.53. The molecule has 0 unspecified atom stereocenters. The number of rotatable bonds is 1. The number of aryl methyl sites for hydroxylation is 2. The van der Waals surface area contributed by atoms with Crippen molar-refractivity contribution in [3.8, 4) is 11.3 Å². The van der Waals surface area contributed by atoms with Crippen molar-refractivity contribution >= 4 is 21.6 Å². The Kier molecular flexibility index (Phi) is 3.33. The lowest BCUT2D eigenvalue weighted by atomic mass is 9.86. The number of hydrogen-bond acceptors (Lipinski definition) is 3. The molecular weight excluding hydrogens is 276 g/mol. The van der Waals surface area contributed by atoms with Crippen LogP contribution in [-0.4, -0.2) is 9.97 Å². The molecule has 2 aromatic heterocycles. The summed E-state index contributed by atoms with van der Waals surface area (Å²) in [6.07, 6.45) is 1.67. The molecule has 0 radical (unpaired) electrons. The molecule has 3 heteroatoms. The minimum absolute atomic E-state index is 0.175. The van der Waals surface area contributed by atoms with Crippen molar-refractivity contribution < 1.29 is 0 Å². The zero-order valence-electron chi connectivity index (χ0n) is 13.2. The summed E-state index contributed by atoms with van der Waals surface area (Å²) in [7, 11) is 0. The van der Waals surface area contributed by atoms with Gasteiger partial charge in [-0.25, -0.2) is 9.97 Å². The van der Waals surface area contributed by atoms with Crippen molar-refractivity contribution in [1.29, 1.82) is 0 Å². The molecule has 0 aliphatic heterocycles. The van der Waals surface area contributed by atoms with Gasteiger partial charge < -0.3 is 0 Å². The van der Waals surface area contributed by atoms with Crippen molar-refractivity contribution in [1.82, 2.24) is 9.97 Å². The minimum Gasteiger partial charge on any atom is -0.236 e. The Morgan fingerprint density at radius 2 is 1.62 bits per heavy atom. The topological polar surface area (TPSA) is 25.8 Å². The Bertz CT molecular complexity index is 792. The van der Waals surface area contributed by atoms with E-state index in [1.165, 1.54) is 21.4 Å². The summed E-state index contributed by atoms with van der Waals surface area (Å²) >= 11 is 1.74. The van der Waals surface area contributed by atoms with Gasteiger partial charge in [0.05, 0.1) is 5.69 Å². The first-order valence-electron chi connectivity index (χ1n) is 7.19. The smallest absolute Gasteiger partial charge is 0.127 e. The van der Waals surface area contributed by atoms with Crippen LogP contribution in [0.15, 0.2) is 30.6 Å². The second-order valence-corrected chi connectivity index (χ2v) is 7.72. The Hall–Kier alpha value is -1.74. The van der Waals surface area contributed by atoms with Crippen molar-refractivity contribution in [2.45, 2.75) is 40.0 Å². The van der Waals surface area contributed by atoms with Crippen LogP contribution in [0.25, 0.3) is 21.5 Å². The van der Waals surface area contributed by atoms with Crippen molar-refractivity contribution in [2.75, 3.05) is 0 Å². The summed E-state index contributed by atoms with van der Waals surface area (Å²) < 4.78 is 0. The molecule has 2 nitrogen and oxygen atoms in total. The molecule has 2 heterocycles. The predicted molar refractivity (Wildman–Crippen MR) is 91.0 cm³/mol. The third kappa shape index (κ3) is 2.46. The zero-order valence-corrected chi connectivity index (χ0v) is 14.0. The molecular formula is C18H20N2S. The first-order valence-corrected chi connectivity index (χ1v) is 8.01. The lowest BCUT2D eigenvalue weighted by Gasteiger charge is -2.19. The number of fused-ring (bicyclic) bond motifs is 1. The standard InChI is InChI=1S/C18H20N2S/c1-11-12(2)21-17-15(11)16(19-10-20-17)13-6-8-14(9-7-13)18(3,4)5/h6-10H,1-5H3. The highest BCUT2D eigenvalue weighted by Crippen LogP contribution is 2.35.